The predicted octanol–water partition coefficient (Wildman–Crippen LogP) is 10.9. The summed E-state index contributed by atoms with van der Waals surface area (Å²) in [4.78, 5) is 12.7. The molecular weight excluding hydrogens is 557 g/mol. The van der Waals surface area contributed by atoms with Crippen LogP contribution in [-0.2, 0) is 18.4 Å². The van der Waals surface area contributed by atoms with Crippen LogP contribution in [0.5, 0.6) is 0 Å². The average molecular weight is 628 g/mol. The van der Waals surface area contributed by atoms with Crippen molar-refractivity contribution in [1.82, 2.24) is 5.32 Å². The number of nitrogens with one attached hydrogen (secondary N) is 1. The van der Waals surface area contributed by atoms with E-state index in [0.717, 1.165) is 25.7 Å². The molecule has 0 aromatic heterocycles. The number of aliphatic hydroxyl groups is 1. The van der Waals surface area contributed by atoms with Crippen LogP contribution >= 0.6 is 8.60 Å². The fourth-order valence-electron chi connectivity index (χ4n) is 5.58. The summed E-state index contributed by atoms with van der Waals surface area (Å²) < 4.78 is 16.6. The number of hydrogen-bond acceptors (Lipinski definition) is 5. The number of unbranched alkanes of at least 4 members (excludes halogenated alkanes) is 23. The monoisotopic (exact) mass is 627 g/mol. The SMILES string of the molecule is CCCCCCCCCCCCCC=C[C@@H](O)[C@H](COP1OCCO1)NC(=O)CCCCCCCCCCCCCCC. The van der Waals surface area contributed by atoms with Gasteiger partial charge in [-0.1, -0.05) is 167 Å². The zero-order valence-corrected chi connectivity index (χ0v) is 29.2. The Balaban J connectivity index is 2.16. The van der Waals surface area contributed by atoms with Crippen molar-refractivity contribution in [1.29, 1.82) is 0 Å². The molecule has 2 N–H and O–H groups in total. The molecule has 0 unspecified atom stereocenters. The lowest BCUT2D eigenvalue weighted by Gasteiger charge is -2.23. The largest absolute Gasteiger partial charge is 0.387 e. The van der Waals surface area contributed by atoms with Crippen molar-refractivity contribution >= 4 is 14.5 Å². The van der Waals surface area contributed by atoms with E-state index in [1.54, 1.807) is 0 Å². The first kappa shape index (κ1) is 40.5. The minimum atomic E-state index is -1.37. The van der Waals surface area contributed by atoms with Crippen molar-refractivity contribution in [2.45, 2.75) is 193 Å². The van der Waals surface area contributed by atoms with Crippen molar-refractivity contribution in [3.8, 4) is 0 Å². The van der Waals surface area contributed by atoms with E-state index in [1.807, 2.05) is 6.08 Å². The average Bonchev–Trinajstić information content (AvgIpc) is 3.53. The van der Waals surface area contributed by atoms with Gasteiger partial charge in [0.05, 0.1) is 32.0 Å². The molecule has 43 heavy (non-hydrogen) atoms. The van der Waals surface area contributed by atoms with Gasteiger partial charge in [0.2, 0.25) is 5.91 Å². The van der Waals surface area contributed by atoms with E-state index in [0.29, 0.717) is 19.6 Å². The molecule has 0 saturated carbocycles. The number of carbonyl (C=O) groups is 1. The number of rotatable bonds is 32. The van der Waals surface area contributed by atoms with Crippen LogP contribution in [0.25, 0.3) is 0 Å². The van der Waals surface area contributed by atoms with E-state index in [-0.39, 0.29) is 12.5 Å². The molecule has 6 nitrogen and oxygen atoms in total. The second-order valence-corrected chi connectivity index (χ2v) is 13.8. The Morgan fingerprint density at radius 3 is 1.58 bits per heavy atom. The molecule has 1 aliphatic heterocycles. The fraction of sp³-hybridized carbons (Fsp3) is 0.917. The van der Waals surface area contributed by atoms with Crippen LogP contribution in [0.15, 0.2) is 12.2 Å². The predicted molar refractivity (Wildman–Crippen MR) is 183 cm³/mol. The first-order valence-electron chi connectivity index (χ1n) is 18.5. The minimum Gasteiger partial charge on any atom is -0.387 e. The Morgan fingerprint density at radius 2 is 1.12 bits per heavy atom. The van der Waals surface area contributed by atoms with Crippen LogP contribution in [0.4, 0.5) is 0 Å². The van der Waals surface area contributed by atoms with Gasteiger partial charge >= 0.3 is 8.60 Å². The fourth-order valence-corrected chi connectivity index (χ4v) is 6.53. The van der Waals surface area contributed by atoms with Gasteiger partial charge in [-0.3, -0.25) is 4.79 Å². The van der Waals surface area contributed by atoms with E-state index >= 15 is 0 Å². The van der Waals surface area contributed by atoms with Crippen molar-refractivity contribution in [3.05, 3.63) is 12.2 Å². The molecule has 1 aliphatic rings. The molecule has 1 rings (SSSR count). The molecule has 1 saturated heterocycles. The van der Waals surface area contributed by atoms with E-state index in [9.17, 15) is 9.90 Å². The summed E-state index contributed by atoms with van der Waals surface area (Å²) in [5, 5.41) is 13.9. The van der Waals surface area contributed by atoms with Crippen LogP contribution in [-0.4, -0.2) is 43.0 Å². The van der Waals surface area contributed by atoms with Crippen molar-refractivity contribution < 1.29 is 23.5 Å². The summed E-state index contributed by atoms with van der Waals surface area (Å²) >= 11 is 0. The van der Waals surface area contributed by atoms with E-state index < -0.39 is 20.7 Å². The van der Waals surface area contributed by atoms with Gasteiger partial charge < -0.3 is 24.0 Å². The van der Waals surface area contributed by atoms with Gasteiger partial charge in [-0.2, -0.15) is 0 Å². The summed E-state index contributed by atoms with van der Waals surface area (Å²) in [6, 6.07) is -0.502. The maximum atomic E-state index is 12.7. The van der Waals surface area contributed by atoms with E-state index in [4.69, 9.17) is 13.6 Å². The summed E-state index contributed by atoms with van der Waals surface area (Å²) in [6.45, 7) is 5.78. The van der Waals surface area contributed by atoms with Gasteiger partial charge in [0.1, 0.15) is 0 Å². The topological polar surface area (TPSA) is 77.0 Å². The molecule has 0 aromatic carbocycles. The molecule has 7 heteroatoms. The summed E-state index contributed by atoms with van der Waals surface area (Å²) in [5.74, 6) is -0.0180. The maximum absolute atomic E-state index is 12.7. The standard InChI is InChI=1S/C36H70NO5P/c1-3-5-7-9-11-13-15-17-19-21-23-25-27-29-35(38)34(33-42-43-40-31-32-41-43)37-36(39)30-28-26-24-22-20-18-16-14-12-10-8-6-4-2/h27,29,34-35,38H,3-26,28,30-33H2,1-2H3,(H,37,39)/t34-,35+/m0/s1. The third-order valence-electron chi connectivity index (χ3n) is 8.41. The van der Waals surface area contributed by atoms with Gasteiger partial charge in [0.15, 0.2) is 0 Å². The molecule has 0 bridgehead atoms. The number of carbonyl (C=O) groups excluding carboxylic acids is 1. The summed E-state index contributed by atoms with van der Waals surface area (Å²) in [7, 11) is -1.37. The van der Waals surface area contributed by atoms with Crippen LogP contribution in [0.2, 0.25) is 0 Å². The normalized spacial score (nSPS) is 15.4. The lowest BCUT2D eigenvalue weighted by molar-refractivity contribution is -0.122. The quantitative estimate of drug-likeness (QED) is 0.0441. The van der Waals surface area contributed by atoms with E-state index in [2.05, 4.69) is 25.2 Å². The molecular formula is C36H70NO5P. The zero-order valence-electron chi connectivity index (χ0n) is 28.3. The Hall–Kier alpha value is -0.520. The van der Waals surface area contributed by atoms with Crippen LogP contribution in [0, 0.1) is 0 Å². The smallest absolute Gasteiger partial charge is 0.332 e. The molecule has 0 aromatic rings. The molecule has 1 amide bonds. The third-order valence-corrected chi connectivity index (χ3v) is 9.56. The third kappa shape index (κ3) is 26.4. The zero-order chi connectivity index (χ0) is 31.1. The summed E-state index contributed by atoms with van der Waals surface area (Å²) in [6.07, 6.45) is 35.9. The number of allylic oxidation sites excluding steroid dienone is 1. The van der Waals surface area contributed by atoms with Crippen molar-refractivity contribution in [2.75, 3.05) is 19.8 Å². The van der Waals surface area contributed by atoms with Crippen molar-refractivity contribution in [3.63, 3.8) is 0 Å². The molecule has 254 valence electrons. The van der Waals surface area contributed by atoms with Crippen LogP contribution in [0.3, 0.4) is 0 Å². The summed E-state index contributed by atoms with van der Waals surface area (Å²) in [5.41, 5.74) is 0. The Bertz CT molecular complexity index is 629. The Kier molecular flexibility index (Phi) is 29.6. The Labute approximate surface area is 267 Å². The lowest BCUT2D eigenvalue weighted by Crippen LogP contribution is -2.45. The highest BCUT2D eigenvalue weighted by molar-refractivity contribution is 7.41. The maximum Gasteiger partial charge on any atom is 0.332 e. The highest BCUT2D eigenvalue weighted by Gasteiger charge is 2.25. The molecule has 1 heterocycles. The van der Waals surface area contributed by atoms with E-state index in [1.165, 1.54) is 135 Å². The number of aliphatic hydroxyl groups excluding tert-OH is 1. The highest BCUT2D eigenvalue weighted by atomic mass is 31.2. The molecule has 0 aliphatic carbocycles. The Morgan fingerprint density at radius 1 is 0.698 bits per heavy atom. The molecule has 0 radical (unpaired) electrons. The van der Waals surface area contributed by atoms with Crippen molar-refractivity contribution in [2.24, 2.45) is 0 Å². The second kappa shape index (κ2) is 31.5. The first-order valence-corrected chi connectivity index (χ1v) is 19.6. The molecule has 2 atom stereocenters. The lowest BCUT2D eigenvalue weighted by atomic mass is 10.0. The molecule has 1 fully saturated rings. The van der Waals surface area contributed by atoms with Gasteiger partial charge in [0, 0.05) is 6.42 Å². The number of hydrogen-bond donors (Lipinski definition) is 2. The van der Waals surface area contributed by atoms with Gasteiger partial charge in [0.25, 0.3) is 0 Å². The number of amides is 1. The van der Waals surface area contributed by atoms with Gasteiger partial charge in [-0.25, -0.2) is 0 Å². The molecule has 0 spiro atoms. The highest BCUT2D eigenvalue weighted by Crippen LogP contribution is 2.43. The minimum absolute atomic E-state index is 0.0180. The van der Waals surface area contributed by atoms with Crippen LogP contribution < -0.4 is 5.32 Å². The second-order valence-electron chi connectivity index (χ2n) is 12.6. The first-order chi connectivity index (χ1) is 21.2. The van der Waals surface area contributed by atoms with Crippen LogP contribution in [0.1, 0.15) is 181 Å². The van der Waals surface area contributed by atoms with Gasteiger partial charge in [-0.05, 0) is 19.3 Å². The van der Waals surface area contributed by atoms with Gasteiger partial charge in [-0.15, -0.1) is 0 Å².